The summed E-state index contributed by atoms with van der Waals surface area (Å²) < 4.78 is 22.2. The standard InChI is InChI=1S/C10H12ClN3O2S/c1-7(6-17(2,15)16)14-10-9(11)8(5-12)3-4-13-10/h3-4,7H,6H2,1-2H3,(H,13,14). The van der Waals surface area contributed by atoms with Crippen LogP contribution < -0.4 is 5.32 Å². The number of sulfone groups is 1. The van der Waals surface area contributed by atoms with Crippen LogP contribution in [0.4, 0.5) is 5.82 Å². The molecule has 7 heteroatoms. The molecule has 1 aromatic rings. The van der Waals surface area contributed by atoms with E-state index in [0.717, 1.165) is 6.26 Å². The van der Waals surface area contributed by atoms with Crippen LogP contribution in [0.1, 0.15) is 12.5 Å². The van der Waals surface area contributed by atoms with Crippen molar-refractivity contribution < 1.29 is 8.42 Å². The van der Waals surface area contributed by atoms with Gasteiger partial charge in [0.15, 0.2) is 0 Å². The fourth-order valence-electron chi connectivity index (χ4n) is 1.36. The Labute approximate surface area is 105 Å². The third kappa shape index (κ3) is 4.21. The Kier molecular flexibility index (Phi) is 4.32. The number of hydrogen-bond acceptors (Lipinski definition) is 5. The molecule has 1 aromatic heterocycles. The molecule has 17 heavy (non-hydrogen) atoms. The summed E-state index contributed by atoms with van der Waals surface area (Å²) in [5.74, 6) is 0.295. The number of rotatable bonds is 4. The normalized spacial score (nSPS) is 12.8. The number of pyridine rings is 1. The predicted molar refractivity (Wildman–Crippen MR) is 66.8 cm³/mol. The SMILES string of the molecule is CC(CS(C)(=O)=O)Nc1nccc(C#N)c1Cl. The molecule has 1 N–H and O–H groups in total. The third-order valence-corrected chi connectivity index (χ3v) is 3.43. The predicted octanol–water partition coefficient (Wildman–Crippen LogP) is 1.45. The van der Waals surface area contributed by atoms with E-state index in [9.17, 15) is 8.42 Å². The maximum Gasteiger partial charge on any atom is 0.149 e. The molecular weight excluding hydrogens is 262 g/mol. The minimum Gasteiger partial charge on any atom is -0.365 e. The van der Waals surface area contributed by atoms with Crippen LogP contribution in [0.15, 0.2) is 12.3 Å². The van der Waals surface area contributed by atoms with Gasteiger partial charge >= 0.3 is 0 Å². The van der Waals surface area contributed by atoms with Crippen molar-refractivity contribution in [2.24, 2.45) is 0 Å². The van der Waals surface area contributed by atoms with Gasteiger partial charge < -0.3 is 5.32 Å². The van der Waals surface area contributed by atoms with Crippen LogP contribution in [0, 0.1) is 11.3 Å². The smallest absolute Gasteiger partial charge is 0.149 e. The lowest BCUT2D eigenvalue weighted by atomic mass is 10.3. The highest BCUT2D eigenvalue weighted by Gasteiger charge is 2.13. The second-order valence-electron chi connectivity index (χ2n) is 3.77. The average Bonchev–Trinajstić information content (AvgIpc) is 2.18. The molecule has 0 aromatic carbocycles. The topological polar surface area (TPSA) is 82.8 Å². The lowest BCUT2D eigenvalue weighted by Crippen LogP contribution is -2.25. The van der Waals surface area contributed by atoms with Crippen LogP contribution in [-0.4, -0.2) is 31.5 Å². The highest BCUT2D eigenvalue weighted by molar-refractivity contribution is 7.90. The molecule has 0 radical (unpaired) electrons. The zero-order valence-electron chi connectivity index (χ0n) is 9.44. The molecule has 0 aliphatic rings. The molecule has 1 atom stereocenters. The number of anilines is 1. The fourth-order valence-corrected chi connectivity index (χ4v) is 2.56. The molecule has 0 aliphatic carbocycles. The Morgan fingerprint density at radius 2 is 2.29 bits per heavy atom. The van der Waals surface area contributed by atoms with E-state index in [0.29, 0.717) is 11.4 Å². The van der Waals surface area contributed by atoms with Crippen LogP contribution in [0.3, 0.4) is 0 Å². The monoisotopic (exact) mass is 273 g/mol. The summed E-state index contributed by atoms with van der Waals surface area (Å²) in [6.45, 7) is 1.71. The first kappa shape index (κ1) is 13.7. The van der Waals surface area contributed by atoms with Crippen LogP contribution in [0.2, 0.25) is 5.02 Å². The lowest BCUT2D eigenvalue weighted by molar-refractivity contribution is 0.598. The van der Waals surface area contributed by atoms with E-state index in [-0.39, 0.29) is 16.8 Å². The van der Waals surface area contributed by atoms with Crippen molar-refractivity contribution in [3.8, 4) is 6.07 Å². The van der Waals surface area contributed by atoms with Gasteiger partial charge in [-0.15, -0.1) is 0 Å². The molecule has 5 nitrogen and oxygen atoms in total. The van der Waals surface area contributed by atoms with Gasteiger partial charge in [-0.25, -0.2) is 13.4 Å². The summed E-state index contributed by atoms with van der Waals surface area (Å²) >= 11 is 5.93. The molecular formula is C10H12ClN3O2S. The Bertz CT molecular complexity index is 551. The number of halogens is 1. The number of aromatic nitrogens is 1. The van der Waals surface area contributed by atoms with Crippen molar-refractivity contribution in [3.05, 3.63) is 22.8 Å². The highest BCUT2D eigenvalue weighted by atomic mass is 35.5. The van der Waals surface area contributed by atoms with Gasteiger partial charge in [-0.05, 0) is 13.0 Å². The molecule has 1 rings (SSSR count). The molecule has 92 valence electrons. The van der Waals surface area contributed by atoms with Crippen LogP contribution in [0.5, 0.6) is 0 Å². The zero-order valence-corrected chi connectivity index (χ0v) is 11.0. The van der Waals surface area contributed by atoms with E-state index in [1.165, 1.54) is 12.3 Å². The van der Waals surface area contributed by atoms with Crippen molar-refractivity contribution in [3.63, 3.8) is 0 Å². The van der Waals surface area contributed by atoms with Crippen LogP contribution in [-0.2, 0) is 9.84 Å². The second-order valence-corrected chi connectivity index (χ2v) is 6.33. The number of nitriles is 1. The number of hydrogen-bond donors (Lipinski definition) is 1. The van der Waals surface area contributed by atoms with Crippen molar-refractivity contribution in [2.45, 2.75) is 13.0 Å². The largest absolute Gasteiger partial charge is 0.365 e. The molecule has 0 bridgehead atoms. The molecule has 0 amide bonds. The Morgan fingerprint density at radius 3 is 2.82 bits per heavy atom. The average molecular weight is 274 g/mol. The second kappa shape index (κ2) is 5.34. The fraction of sp³-hybridized carbons (Fsp3) is 0.400. The van der Waals surface area contributed by atoms with Gasteiger partial charge in [-0.3, -0.25) is 0 Å². The van der Waals surface area contributed by atoms with Gasteiger partial charge in [0.2, 0.25) is 0 Å². The van der Waals surface area contributed by atoms with Gasteiger partial charge in [0.25, 0.3) is 0 Å². The van der Waals surface area contributed by atoms with Gasteiger partial charge in [0, 0.05) is 18.5 Å². The van der Waals surface area contributed by atoms with Gasteiger partial charge in [0.1, 0.15) is 26.7 Å². The summed E-state index contributed by atoms with van der Waals surface area (Å²) in [5.41, 5.74) is 0.302. The summed E-state index contributed by atoms with van der Waals surface area (Å²) in [5, 5.41) is 11.8. The lowest BCUT2D eigenvalue weighted by Gasteiger charge is -2.14. The molecule has 1 unspecified atom stereocenters. The minimum absolute atomic E-state index is 0.0260. The highest BCUT2D eigenvalue weighted by Crippen LogP contribution is 2.23. The number of nitrogens with one attached hydrogen (secondary N) is 1. The van der Waals surface area contributed by atoms with Crippen molar-refractivity contribution in [2.75, 3.05) is 17.3 Å². The quantitative estimate of drug-likeness (QED) is 0.898. The first-order valence-corrected chi connectivity index (χ1v) is 7.26. The molecule has 0 fully saturated rings. The summed E-state index contributed by atoms with van der Waals surface area (Å²) in [6, 6.07) is 3.09. The van der Waals surface area contributed by atoms with E-state index in [1.807, 2.05) is 6.07 Å². The molecule has 0 saturated heterocycles. The molecule has 0 spiro atoms. The van der Waals surface area contributed by atoms with Crippen molar-refractivity contribution in [1.29, 1.82) is 5.26 Å². The van der Waals surface area contributed by atoms with Crippen molar-refractivity contribution >= 4 is 27.3 Å². The van der Waals surface area contributed by atoms with Gasteiger partial charge in [0.05, 0.1) is 11.3 Å². The summed E-state index contributed by atoms with van der Waals surface area (Å²) in [4.78, 5) is 3.97. The summed E-state index contributed by atoms with van der Waals surface area (Å²) in [6.07, 6.45) is 2.60. The van der Waals surface area contributed by atoms with Crippen LogP contribution in [0.25, 0.3) is 0 Å². The first-order valence-electron chi connectivity index (χ1n) is 4.82. The minimum atomic E-state index is -3.07. The zero-order chi connectivity index (χ0) is 13.1. The maximum atomic E-state index is 11.1. The molecule has 0 saturated carbocycles. The molecule has 0 aliphatic heterocycles. The van der Waals surface area contributed by atoms with E-state index in [2.05, 4.69) is 10.3 Å². The van der Waals surface area contributed by atoms with E-state index in [4.69, 9.17) is 16.9 Å². The Morgan fingerprint density at radius 1 is 1.65 bits per heavy atom. The maximum absolute atomic E-state index is 11.1. The summed E-state index contributed by atoms with van der Waals surface area (Å²) in [7, 11) is -3.07. The van der Waals surface area contributed by atoms with Gasteiger partial charge in [-0.2, -0.15) is 5.26 Å². The third-order valence-electron chi connectivity index (χ3n) is 1.95. The van der Waals surface area contributed by atoms with Gasteiger partial charge in [-0.1, -0.05) is 11.6 Å². The molecule has 1 heterocycles. The van der Waals surface area contributed by atoms with E-state index < -0.39 is 9.84 Å². The van der Waals surface area contributed by atoms with Crippen molar-refractivity contribution in [1.82, 2.24) is 4.98 Å². The van der Waals surface area contributed by atoms with E-state index >= 15 is 0 Å². The Hall–Kier alpha value is -1.32. The first-order chi connectivity index (χ1) is 7.83. The van der Waals surface area contributed by atoms with E-state index in [1.54, 1.807) is 6.92 Å². The number of nitrogens with zero attached hydrogens (tertiary/aromatic N) is 2. The Balaban J connectivity index is 2.86. The van der Waals surface area contributed by atoms with Crippen LogP contribution >= 0.6 is 11.6 Å².